The SMILES string of the molecule is CN1CN(c2ccc3c(c2)N(c2cccc(-n4[c-][n+](C)c5ccccc54)c2)c2cccc4c5ccccc5n-3c24)c2ccccc21. The lowest BCUT2D eigenvalue weighted by molar-refractivity contribution is -0.649. The summed E-state index contributed by atoms with van der Waals surface area (Å²) in [6.07, 6.45) is 3.53. The van der Waals surface area contributed by atoms with Gasteiger partial charge in [-0.25, -0.2) is 0 Å². The molecule has 2 aliphatic rings. The lowest BCUT2D eigenvalue weighted by Crippen LogP contribution is -2.26. The van der Waals surface area contributed by atoms with Gasteiger partial charge in [0, 0.05) is 29.2 Å². The number of nitrogens with zero attached hydrogens (tertiary/aromatic N) is 6. The molecule has 2 aliphatic heterocycles. The molecule has 220 valence electrons. The maximum atomic E-state index is 3.53. The molecular formula is C40H30N6. The van der Waals surface area contributed by atoms with Gasteiger partial charge in [-0.1, -0.05) is 78.9 Å². The summed E-state index contributed by atoms with van der Waals surface area (Å²) < 4.78 is 6.68. The molecule has 0 bridgehead atoms. The molecule has 0 saturated heterocycles. The summed E-state index contributed by atoms with van der Waals surface area (Å²) in [7, 11) is 4.22. The summed E-state index contributed by atoms with van der Waals surface area (Å²) in [6.45, 7) is 0.800. The fraction of sp³-hybridized carbons (Fsp3) is 0.0750. The average Bonchev–Trinajstić information content (AvgIpc) is 3.75. The Kier molecular flexibility index (Phi) is 5.09. The Balaban J connectivity index is 1.23. The van der Waals surface area contributed by atoms with Crippen LogP contribution in [-0.4, -0.2) is 22.9 Å². The van der Waals surface area contributed by atoms with Crippen molar-refractivity contribution in [2.24, 2.45) is 7.05 Å². The second kappa shape index (κ2) is 9.25. The molecule has 0 atom stereocenters. The predicted molar refractivity (Wildman–Crippen MR) is 188 cm³/mol. The van der Waals surface area contributed by atoms with Crippen molar-refractivity contribution < 1.29 is 4.57 Å². The molecule has 0 amide bonds. The van der Waals surface area contributed by atoms with E-state index in [1.807, 2.05) is 0 Å². The van der Waals surface area contributed by atoms with Gasteiger partial charge in [0.25, 0.3) is 0 Å². The molecule has 6 aromatic carbocycles. The van der Waals surface area contributed by atoms with Gasteiger partial charge in [0.15, 0.2) is 0 Å². The van der Waals surface area contributed by atoms with Gasteiger partial charge in [-0.3, -0.25) is 0 Å². The first-order valence-electron chi connectivity index (χ1n) is 15.7. The second-order valence-corrected chi connectivity index (χ2v) is 12.3. The molecule has 0 spiro atoms. The highest BCUT2D eigenvalue weighted by Crippen LogP contribution is 2.51. The minimum Gasteiger partial charge on any atom is -0.355 e. The zero-order valence-corrected chi connectivity index (χ0v) is 25.6. The maximum absolute atomic E-state index is 3.53. The van der Waals surface area contributed by atoms with Crippen LogP contribution < -0.4 is 19.3 Å². The Bertz CT molecular complexity index is 2520. The third-order valence-electron chi connectivity index (χ3n) is 9.68. The van der Waals surface area contributed by atoms with Gasteiger partial charge in [-0.05, 0) is 54.6 Å². The van der Waals surface area contributed by atoms with E-state index in [1.54, 1.807) is 0 Å². The molecule has 0 aliphatic carbocycles. The number of hydrogen-bond acceptors (Lipinski definition) is 3. The normalized spacial score (nSPS) is 13.7. The summed E-state index contributed by atoms with van der Waals surface area (Å²) in [6, 6.07) is 48.4. The molecule has 0 N–H and O–H groups in total. The molecular weight excluding hydrogens is 564 g/mol. The lowest BCUT2D eigenvalue weighted by atomic mass is 10.1. The second-order valence-electron chi connectivity index (χ2n) is 12.3. The van der Waals surface area contributed by atoms with Crippen LogP contribution in [0.2, 0.25) is 0 Å². The summed E-state index contributed by atoms with van der Waals surface area (Å²) in [5.74, 6) is 0. The third-order valence-corrected chi connectivity index (χ3v) is 9.68. The van der Waals surface area contributed by atoms with Crippen LogP contribution in [0.5, 0.6) is 0 Å². The summed E-state index contributed by atoms with van der Waals surface area (Å²) in [5.41, 5.74) is 14.0. The smallest absolute Gasteiger partial charge is 0.244 e. The van der Waals surface area contributed by atoms with Gasteiger partial charge in [0.05, 0.1) is 69.9 Å². The first-order valence-corrected chi connectivity index (χ1v) is 15.7. The number of para-hydroxylation sites is 6. The van der Waals surface area contributed by atoms with E-state index in [4.69, 9.17) is 0 Å². The first kappa shape index (κ1) is 25.3. The highest BCUT2D eigenvalue weighted by atomic mass is 15.4. The summed E-state index contributed by atoms with van der Waals surface area (Å²) in [4.78, 5) is 7.17. The molecule has 8 aromatic rings. The minimum absolute atomic E-state index is 0.800. The minimum atomic E-state index is 0.800. The van der Waals surface area contributed by atoms with Gasteiger partial charge in [0.2, 0.25) is 6.33 Å². The largest absolute Gasteiger partial charge is 0.355 e. The quantitative estimate of drug-likeness (QED) is 0.151. The third kappa shape index (κ3) is 3.38. The van der Waals surface area contributed by atoms with Crippen molar-refractivity contribution in [3.05, 3.63) is 140 Å². The zero-order valence-electron chi connectivity index (χ0n) is 25.6. The van der Waals surface area contributed by atoms with Crippen LogP contribution in [0.3, 0.4) is 0 Å². The molecule has 2 aromatic heterocycles. The number of rotatable bonds is 3. The van der Waals surface area contributed by atoms with Gasteiger partial charge in [-0.2, -0.15) is 0 Å². The fourth-order valence-electron chi connectivity index (χ4n) is 7.65. The Hall–Kier alpha value is -6.01. The highest BCUT2D eigenvalue weighted by molar-refractivity contribution is 6.16. The van der Waals surface area contributed by atoms with Crippen molar-refractivity contribution in [1.82, 2.24) is 9.13 Å². The number of anilines is 6. The van der Waals surface area contributed by atoms with Gasteiger partial charge >= 0.3 is 0 Å². The monoisotopic (exact) mass is 594 g/mol. The Morgan fingerprint density at radius 1 is 0.565 bits per heavy atom. The zero-order chi connectivity index (χ0) is 30.5. The van der Waals surface area contributed by atoms with Crippen LogP contribution in [-0.2, 0) is 7.05 Å². The van der Waals surface area contributed by atoms with Crippen molar-refractivity contribution in [3.63, 3.8) is 0 Å². The molecule has 6 nitrogen and oxygen atoms in total. The molecule has 4 heterocycles. The average molecular weight is 595 g/mol. The van der Waals surface area contributed by atoms with Crippen molar-refractivity contribution in [3.8, 4) is 11.4 Å². The van der Waals surface area contributed by atoms with Crippen LogP contribution in [0.1, 0.15) is 0 Å². The van der Waals surface area contributed by atoms with Crippen LogP contribution in [0, 0.1) is 6.33 Å². The van der Waals surface area contributed by atoms with Gasteiger partial charge in [0.1, 0.15) is 0 Å². The van der Waals surface area contributed by atoms with Crippen molar-refractivity contribution in [1.29, 1.82) is 0 Å². The number of aromatic nitrogens is 3. The Morgan fingerprint density at radius 2 is 1.28 bits per heavy atom. The number of fused-ring (bicyclic) bond motifs is 7. The number of aryl methyl sites for hydroxylation is 1. The van der Waals surface area contributed by atoms with E-state index < -0.39 is 0 Å². The van der Waals surface area contributed by atoms with Crippen LogP contribution in [0.15, 0.2) is 133 Å². The van der Waals surface area contributed by atoms with E-state index in [0.717, 1.165) is 34.8 Å². The molecule has 0 radical (unpaired) electrons. The number of benzene rings is 6. The maximum Gasteiger partial charge on any atom is 0.244 e. The molecule has 0 unspecified atom stereocenters. The summed E-state index contributed by atoms with van der Waals surface area (Å²) >= 11 is 0. The fourth-order valence-corrected chi connectivity index (χ4v) is 7.65. The van der Waals surface area contributed by atoms with E-state index >= 15 is 0 Å². The molecule has 46 heavy (non-hydrogen) atoms. The summed E-state index contributed by atoms with van der Waals surface area (Å²) in [5, 5.41) is 2.52. The first-order chi connectivity index (χ1) is 22.7. The van der Waals surface area contributed by atoms with Crippen molar-refractivity contribution >= 4 is 67.0 Å². The van der Waals surface area contributed by atoms with Crippen LogP contribution in [0.25, 0.3) is 44.2 Å². The van der Waals surface area contributed by atoms with Gasteiger partial charge in [-0.15, -0.1) is 0 Å². The highest BCUT2D eigenvalue weighted by Gasteiger charge is 2.31. The van der Waals surface area contributed by atoms with Crippen molar-refractivity contribution in [2.45, 2.75) is 0 Å². The van der Waals surface area contributed by atoms with E-state index in [1.165, 1.54) is 50.2 Å². The number of imidazole rings is 1. The Morgan fingerprint density at radius 3 is 2.20 bits per heavy atom. The molecule has 0 fully saturated rings. The van der Waals surface area contributed by atoms with Gasteiger partial charge < -0.3 is 28.4 Å². The van der Waals surface area contributed by atoms with Crippen LogP contribution in [0.4, 0.5) is 34.1 Å². The molecule has 6 heteroatoms. The molecule has 0 saturated carbocycles. The number of hydrogen-bond donors (Lipinski definition) is 0. The van der Waals surface area contributed by atoms with Crippen molar-refractivity contribution in [2.75, 3.05) is 28.4 Å². The topological polar surface area (TPSA) is 23.5 Å². The lowest BCUT2D eigenvalue weighted by Gasteiger charge is -2.34. The van der Waals surface area contributed by atoms with Crippen LogP contribution >= 0.6 is 0 Å². The molecule has 10 rings (SSSR count). The predicted octanol–water partition coefficient (Wildman–Crippen LogP) is 8.68. The Labute approximate surface area is 266 Å². The standard InChI is InChI=1S/C40H30N6/c1-41-25-43(35-18-7-5-16-33(35)41)27-11-9-12-29(23-27)45-38-20-10-14-31-30-13-3-4-15-32(30)46(40(31)38)37-22-21-28(24-39(37)45)44-26-42(2)34-17-6-8-19-36(34)44/h3-24H,26H2,1-2H3. The van der Waals surface area contributed by atoms with E-state index in [-0.39, 0.29) is 0 Å². The van der Waals surface area contributed by atoms with E-state index in [9.17, 15) is 0 Å². The van der Waals surface area contributed by atoms with E-state index in [2.05, 4.69) is 182 Å². The van der Waals surface area contributed by atoms with E-state index in [0.29, 0.717) is 0 Å².